The molecule has 27 heavy (non-hydrogen) atoms. The van der Waals surface area contributed by atoms with Gasteiger partial charge in [0, 0.05) is 30.2 Å². The minimum Gasteiger partial charge on any atom is -0.334 e. The largest absolute Gasteiger partial charge is 0.334 e. The Morgan fingerprint density at radius 2 is 1.67 bits per heavy atom. The van der Waals surface area contributed by atoms with Crippen LogP contribution >= 0.6 is 0 Å². The number of nitrogens with zero attached hydrogens (tertiary/aromatic N) is 1. The molecule has 0 saturated heterocycles. The summed E-state index contributed by atoms with van der Waals surface area (Å²) in [6.45, 7) is 7.00. The Labute approximate surface area is 159 Å². The van der Waals surface area contributed by atoms with E-state index in [1.807, 2.05) is 6.07 Å². The van der Waals surface area contributed by atoms with Gasteiger partial charge in [0.1, 0.15) is 5.82 Å². The number of hydrogen-bond acceptors (Lipinski definition) is 1. The Hall–Kier alpha value is -3.08. The molecule has 0 fully saturated rings. The lowest BCUT2D eigenvalue weighted by molar-refractivity contribution is 0.240. The molecule has 4 nitrogen and oxygen atoms in total. The number of aromatic nitrogens is 1. The fourth-order valence-electron chi connectivity index (χ4n) is 3.20. The maximum Gasteiger partial charge on any atom is 0.315 e. The number of aryl methyl sites for hydroxylation is 2. The van der Waals surface area contributed by atoms with Crippen LogP contribution in [0.4, 0.5) is 9.18 Å². The molecule has 0 saturated carbocycles. The standard InChI is InChI=1S/C22H24FN3O/c1-15-5-4-6-21(11-15)26-16(2)12-19(17(26)3)14-25-22(27)24-13-18-7-9-20(23)10-8-18/h4-12H,13-14H2,1-3H3,(H2,24,25,27). The average molecular weight is 365 g/mol. The molecular formula is C22H24FN3O. The number of carbonyl (C=O) groups is 1. The number of rotatable bonds is 5. The molecule has 1 heterocycles. The van der Waals surface area contributed by atoms with Gasteiger partial charge in [-0.05, 0) is 67.8 Å². The molecule has 2 aromatic carbocycles. The lowest BCUT2D eigenvalue weighted by Gasteiger charge is -2.11. The van der Waals surface area contributed by atoms with Crippen LogP contribution in [0.3, 0.4) is 0 Å². The van der Waals surface area contributed by atoms with Crippen LogP contribution in [0.2, 0.25) is 0 Å². The van der Waals surface area contributed by atoms with Crippen molar-refractivity contribution in [3.8, 4) is 5.69 Å². The van der Waals surface area contributed by atoms with Crippen molar-refractivity contribution in [2.75, 3.05) is 0 Å². The third kappa shape index (κ3) is 4.56. The van der Waals surface area contributed by atoms with E-state index in [0.717, 1.165) is 28.2 Å². The van der Waals surface area contributed by atoms with E-state index in [9.17, 15) is 9.18 Å². The minimum absolute atomic E-state index is 0.250. The van der Waals surface area contributed by atoms with Crippen molar-refractivity contribution in [2.24, 2.45) is 0 Å². The highest BCUT2D eigenvalue weighted by atomic mass is 19.1. The molecule has 3 aromatic rings. The van der Waals surface area contributed by atoms with E-state index < -0.39 is 0 Å². The molecule has 0 spiro atoms. The number of nitrogens with one attached hydrogen (secondary N) is 2. The summed E-state index contributed by atoms with van der Waals surface area (Å²) in [4.78, 5) is 12.1. The first-order valence-corrected chi connectivity index (χ1v) is 8.95. The van der Waals surface area contributed by atoms with E-state index in [1.54, 1.807) is 12.1 Å². The number of urea groups is 1. The van der Waals surface area contributed by atoms with E-state index in [0.29, 0.717) is 13.1 Å². The maximum atomic E-state index is 12.9. The number of amides is 2. The van der Waals surface area contributed by atoms with Crippen LogP contribution in [0.5, 0.6) is 0 Å². The van der Waals surface area contributed by atoms with Gasteiger partial charge in [0.15, 0.2) is 0 Å². The van der Waals surface area contributed by atoms with Crippen LogP contribution in [0, 0.1) is 26.6 Å². The number of halogens is 1. The lowest BCUT2D eigenvalue weighted by atomic mass is 10.2. The second kappa shape index (κ2) is 8.08. The third-order valence-corrected chi connectivity index (χ3v) is 4.60. The number of carbonyl (C=O) groups excluding carboxylic acids is 1. The van der Waals surface area contributed by atoms with Gasteiger partial charge in [-0.2, -0.15) is 0 Å². The molecular weight excluding hydrogens is 341 g/mol. The first-order chi connectivity index (χ1) is 12.9. The Morgan fingerprint density at radius 3 is 2.37 bits per heavy atom. The summed E-state index contributed by atoms with van der Waals surface area (Å²) in [5, 5.41) is 5.68. The fraction of sp³-hybridized carbons (Fsp3) is 0.227. The van der Waals surface area contributed by atoms with E-state index in [4.69, 9.17) is 0 Å². The van der Waals surface area contributed by atoms with Crippen molar-refractivity contribution in [2.45, 2.75) is 33.9 Å². The summed E-state index contributed by atoms with van der Waals surface area (Å²) in [5.41, 5.74) is 6.49. The summed E-state index contributed by atoms with van der Waals surface area (Å²) < 4.78 is 15.1. The normalized spacial score (nSPS) is 10.7. The monoisotopic (exact) mass is 365 g/mol. The number of hydrogen-bond donors (Lipinski definition) is 2. The minimum atomic E-state index is -0.285. The molecule has 0 radical (unpaired) electrons. The first-order valence-electron chi connectivity index (χ1n) is 8.95. The summed E-state index contributed by atoms with van der Waals surface area (Å²) >= 11 is 0. The van der Waals surface area contributed by atoms with Gasteiger partial charge in [0.2, 0.25) is 0 Å². The van der Waals surface area contributed by atoms with Gasteiger partial charge in [0.25, 0.3) is 0 Å². The molecule has 2 N–H and O–H groups in total. The Morgan fingerprint density at radius 1 is 0.963 bits per heavy atom. The van der Waals surface area contributed by atoms with E-state index in [2.05, 4.69) is 60.2 Å². The lowest BCUT2D eigenvalue weighted by Crippen LogP contribution is -2.34. The molecule has 0 atom stereocenters. The second-order valence-electron chi connectivity index (χ2n) is 6.73. The SMILES string of the molecule is Cc1cccc(-n2c(C)cc(CNC(=O)NCc3ccc(F)cc3)c2C)c1. The predicted octanol–water partition coefficient (Wildman–Crippen LogP) is 4.54. The van der Waals surface area contributed by atoms with E-state index in [-0.39, 0.29) is 11.8 Å². The summed E-state index contributed by atoms with van der Waals surface area (Å²) in [7, 11) is 0. The third-order valence-electron chi connectivity index (χ3n) is 4.60. The summed E-state index contributed by atoms with van der Waals surface area (Å²) in [5.74, 6) is -0.285. The molecule has 0 aliphatic rings. The molecule has 1 aromatic heterocycles. The van der Waals surface area contributed by atoms with Crippen molar-refractivity contribution in [3.63, 3.8) is 0 Å². The Balaban J connectivity index is 1.62. The molecule has 140 valence electrons. The highest BCUT2D eigenvalue weighted by molar-refractivity contribution is 5.73. The molecule has 0 unspecified atom stereocenters. The molecule has 3 rings (SSSR count). The second-order valence-corrected chi connectivity index (χ2v) is 6.73. The maximum absolute atomic E-state index is 12.9. The van der Waals surface area contributed by atoms with Gasteiger partial charge >= 0.3 is 6.03 Å². The van der Waals surface area contributed by atoms with Crippen LogP contribution < -0.4 is 10.6 Å². The van der Waals surface area contributed by atoms with Crippen molar-refractivity contribution < 1.29 is 9.18 Å². The zero-order valence-corrected chi connectivity index (χ0v) is 15.8. The van der Waals surface area contributed by atoms with Crippen molar-refractivity contribution in [1.82, 2.24) is 15.2 Å². The van der Waals surface area contributed by atoms with Crippen LogP contribution in [-0.2, 0) is 13.1 Å². The fourth-order valence-corrected chi connectivity index (χ4v) is 3.20. The van der Waals surface area contributed by atoms with Crippen LogP contribution in [0.1, 0.15) is 28.1 Å². The summed E-state index contributed by atoms with van der Waals surface area (Å²) in [6, 6.07) is 16.3. The summed E-state index contributed by atoms with van der Waals surface area (Å²) in [6.07, 6.45) is 0. The van der Waals surface area contributed by atoms with Crippen molar-refractivity contribution in [3.05, 3.63) is 88.5 Å². The van der Waals surface area contributed by atoms with Gasteiger partial charge in [-0.15, -0.1) is 0 Å². The predicted molar refractivity (Wildman–Crippen MR) is 105 cm³/mol. The van der Waals surface area contributed by atoms with E-state index >= 15 is 0 Å². The van der Waals surface area contributed by atoms with Crippen LogP contribution in [0.15, 0.2) is 54.6 Å². The molecule has 2 amide bonds. The Bertz CT molecular complexity index is 945. The molecule has 0 aliphatic carbocycles. The molecule has 5 heteroatoms. The van der Waals surface area contributed by atoms with Crippen LogP contribution in [-0.4, -0.2) is 10.6 Å². The van der Waals surface area contributed by atoms with Crippen molar-refractivity contribution in [1.29, 1.82) is 0 Å². The zero-order chi connectivity index (χ0) is 19.4. The van der Waals surface area contributed by atoms with Gasteiger partial charge < -0.3 is 15.2 Å². The van der Waals surface area contributed by atoms with Gasteiger partial charge in [-0.1, -0.05) is 24.3 Å². The molecule has 0 aliphatic heterocycles. The number of benzene rings is 2. The first kappa shape index (κ1) is 18.7. The quantitative estimate of drug-likeness (QED) is 0.685. The van der Waals surface area contributed by atoms with Gasteiger partial charge in [-0.25, -0.2) is 9.18 Å². The van der Waals surface area contributed by atoms with Crippen LogP contribution in [0.25, 0.3) is 5.69 Å². The van der Waals surface area contributed by atoms with Gasteiger partial charge in [0.05, 0.1) is 0 Å². The molecule has 0 bridgehead atoms. The topological polar surface area (TPSA) is 46.1 Å². The Kier molecular flexibility index (Phi) is 5.60. The highest BCUT2D eigenvalue weighted by Gasteiger charge is 2.11. The van der Waals surface area contributed by atoms with Crippen molar-refractivity contribution >= 4 is 6.03 Å². The van der Waals surface area contributed by atoms with E-state index in [1.165, 1.54) is 17.7 Å². The zero-order valence-electron chi connectivity index (χ0n) is 15.8. The smallest absolute Gasteiger partial charge is 0.315 e. The average Bonchev–Trinajstić information content (AvgIpc) is 2.93. The van der Waals surface area contributed by atoms with Gasteiger partial charge in [-0.3, -0.25) is 0 Å². The highest BCUT2D eigenvalue weighted by Crippen LogP contribution is 2.21.